The zero-order chi connectivity index (χ0) is 10.3. The Labute approximate surface area is 84.5 Å². The van der Waals surface area contributed by atoms with E-state index in [1.807, 2.05) is 17.9 Å². The SMILES string of the molecule is Cc1ccc2cnn(C)c2c1C(C)C. The Balaban J connectivity index is 2.87. The smallest absolute Gasteiger partial charge is 0.0716 e. The summed E-state index contributed by atoms with van der Waals surface area (Å²) < 4.78 is 1.97. The van der Waals surface area contributed by atoms with E-state index in [0.29, 0.717) is 5.92 Å². The van der Waals surface area contributed by atoms with Crippen LogP contribution in [0.3, 0.4) is 0 Å². The molecule has 0 atom stereocenters. The fourth-order valence-electron chi connectivity index (χ4n) is 2.13. The van der Waals surface area contributed by atoms with E-state index in [1.165, 1.54) is 22.0 Å². The van der Waals surface area contributed by atoms with Crippen molar-refractivity contribution in [1.29, 1.82) is 0 Å². The standard InChI is InChI=1S/C12H16N2/c1-8(2)11-9(3)5-6-10-7-13-14(4)12(10)11/h5-8H,1-4H3. The molecule has 2 heteroatoms. The molecule has 2 nitrogen and oxygen atoms in total. The summed E-state index contributed by atoms with van der Waals surface area (Å²) in [6.07, 6.45) is 1.93. The second-order valence-corrected chi connectivity index (χ2v) is 4.16. The summed E-state index contributed by atoms with van der Waals surface area (Å²) in [4.78, 5) is 0. The lowest BCUT2D eigenvalue weighted by atomic mass is 9.95. The van der Waals surface area contributed by atoms with Crippen LogP contribution in [-0.4, -0.2) is 9.78 Å². The molecule has 0 fully saturated rings. The maximum absolute atomic E-state index is 4.30. The van der Waals surface area contributed by atoms with Crippen molar-refractivity contribution in [2.24, 2.45) is 7.05 Å². The van der Waals surface area contributed by atoms with Crippen molar-refractivity contribution >= 4 is 10.9 Å². The van der Waals surface area contributed by atoms with Gasteiger partial charge in [0.15, 0.2) is 0 Å². The highest BCUT2D eigenvalue weighted by atomic mass is 15.2. The normalized spacial score (nSPS) is 11.5. The maximum atomic E-state index is 4.30. The van der Waals surface area contributed by atoms with Crippen molar-refractivity contribution in [1.82, 2.24) is 9.78 Å². The predicted molar refractivity (Wildman–Crippen MR) is 59.5 cm³/mol. The Morgan fingerprint density at radius 3 is 2.64 bits per heavy atom. The van der Waals surface area contributed by atoms with Gasteiger partial charge in [0.25, 0.3) is 0 Å². The van der Waals surface area contributed by atoms with E-state index in [1.54, 1.807) is 0 Å². The topological polar surface area (TPSA) is 17.8 Å². The van der Waals surface area contributed by atoms with Crippen molar-refractivity contribution in [3.05, 3.63) is 29.5 Å². The molecule has 0 aliphatic carbocycles. The average Bonchev–Trinajstić information content (AvgIpc) is 2.47. The number of hydrogen-bond acceptors (Lipinski definition) is 1. The van der Waals surface area contributed by atoms with Gasteiger partial charge in [-0.2, -0.15) is 5.10 Å². The molecule has 0 spiro atoms. The number of aryl methyl sites for hydroxylation is 2. The fraction of sp³-hybridized carbons (Fsp3) is 0.417. The van der Waals surface area contributed by atoms with Crippen LogP contribution in [0.1, 0.15) is 30.9 Å². The van der Waals surface area contributed by atoms with Crippen LogP contribution < -0.4 is 0 Å². The van der Waals surface area contributed by atoms with Crippen molar-refractivity contribution in [2.45, 2.75) is 26.7 Å². The molecule has 0 saturated heterocycles. The summed E-state index contributed by atoms with van der Waals surface area (Å²) in [6.45, 7) is 6.63. The Morgan fingerprint density at radius 2 is 2.00 bits per heavy atom. The van der Waals surface area contributed by atoms with Gasteiger partial charge in [-0.05, 0) is 24.0 Å². The summed E-state index contributed by atoms with van der Waals surface area (Å²) in [5, 5.41) is 5.53. The molecule has 1 heterocycles. The summed E-state index contributed by atoms with van der Waals surface area (Å²) in [6, 6.07) is 4.32. The summed E-state index contributed by atoms with van der Waals surface area (Å²) in [5.41, 5.74) is 4.05. The molecule has 0 N–H and O–H groups in total. The molecular weight excluding hydrogens is 172 g/mol. The molecule has 14 heavy (non-hydrogen) atoms. The Bertz CT molecular complexity index is 466. The van der Waals surface area contributed by atoms with Gasteiger partial charge in [0.05, 0.1) is 11.7 Å². The largest absolute Gasteiger partial charge is 0.268 e. The van der Waals surface area contributed by atoms with E-state index in [-0.39, 0.29) is 0 Å². The van der Waals surface area contributed by atoms with Gasteiger partial charge in [0, 0.05) is 12.4 Å². The monoisotopic (exact) mass is 188 g/mol. The minimum Gasteiger partial charge on any atom is -0.268 e. The highest BCUT2D eigenvalue weighted by Gasteiger charge is 2.11. The summed E-state index contributed by atoms with van der Waals surface area (Å²) in [5.74, 6) is 0.550. The van der Waals surface area contributed by atoms with Crippen molar-refractivity contribution in [3.8, 4) is 0 Å². The lowest BCUT2D eigenvalue weighted by Crippen LogP contribution is -1.98. The summed E-state index contributed by atoms with van der Waals surface area (Å²) >= 11 is 0. The molecule has 2 aromatic rings. The van der Waals surface area contributed by atoms with Crippen molar-refractivity contribution in [3.63, 3.8) is 0 Å². The van der Waals surface area contributed by atoms with Crippen LogP contribution in [0.15, 0.2) is 18.3 Å². The second-order valence-electron chi connectivity index (χ2n) is 4.16. The highest BCUT2D eigenvalue weighted by molar-refractivity contribution is 5.83. The second kappa shape index (κ2) is 3.12. The van der Waals surface area contributed by atoms with Gasteiger partial charge in [0.1, 0.15) is 0 Å². The lowest BCUT2D eigenvalue weighted by molar-refractivity contribution is 0.777. The van der Waals surface area contributed by atoms with E-state index in [9.17, 15) is 0 Å². The third-order valence-corrected chi connectivity index (χ3v) is 2.74. The quantitative estimate of drug-likeness (QED) is 0.672. The van der Waals surface area contributed by atoms with Crippen LogP contribution in [0.25, 0.3) is 10.9 Å². The van der Waals surface area contributed by atoms with Crippen molar-refractivity contribution < 1.29 is 0 Å². The van der Waals surface area contributed by atoms with Gasteiger partial charge in [-0.15, -0.1) is 0 Å². The predicted octanol–water partition coefficient (Wildman–Crippen LogP) is 3.01. The van der Waals surface area contributed by atoms with Crippen LogP contribution in [0.4, 0.5) is 0 Å². The molecular formula is C12H16N2. The minimum absolute atomic E-state index is 0.550. The average molecular weight is 188 g/mol. The van der Waals surface area contributed by atoms with Gasteiger partial charge in [-0.25, -0.2) is 0 Å². The number of nitrogens with zero attached hydrogens (tertiary/aromatic N) is 2. The molecule has 74 valence electrons. The molecule has 0 aliphatic heterocycles. The number of benzene rings is 1. The van der Waals surface area contributed by atoms with Crippen LogP contribution in [0.2, 0.25) is 0 Å². The van der Waals surface area contributed by atoms with E-state index in [2.05, 4.69) is 38.0 Å². The maximum Gasteiger partial charge on any atom is 0.0716 e. The Morgan fingerprint density at radius 1 is 1.29 bits per heavy atom. The van der Waals surface area contributed by atoms with Crippen molar-refractivity contribution in [2.75, 3.05) is 0 Å². The van der Waals surface area contributed by atoms with E-state index in [4.69, 9.17) is 0 Å². The number of hydrogen-bond donors (Lipinski definition) is 0. The van der Waals surface area contributed by atoms with E-state index in [0.717, 1.165) is 0 Å². The zero-order valence-electron chi connectivity index (χ0n) is 9.20. The van der Waals surface area contributed by atoms with Crippen LogP contribution in [-0.2, 0) is 7.05 Å². The van der Waals surface area contributed by atoms with Gasteiger partial charge >= 0.3 is 0 Å². The Hall–Kier alpha value is -1.31. The number of rotatable bonds is 1. The highest BCUT2D eigenvalue weighted by Crippen LogP contribution is 2.27. The molecule has 1 aromatic carbocycles. The first kappa shape index (κ1) is 9.25. The molecule has 0 bridgehead atoms. The fourth-order valence-corrected chi connectivity index (χ4v) is 2.13. The molecule has 0 aliphatic rings. The number of fused-ring (bicyclic) bond motifs is 1. The molecule has 2 rings (SSSR count). The zero-order valence-corrected chi connectivity index (χ0v) is 9.20. The Kier molecular flexibility index (Phi) is 2.06. The lowest BCUT2D eigenvalue weighted by Gasteiger charge is -2.12. The minimum atomic E-state index is 0.550. The molecule has 0 amide bonds. The molecule has 0 unspecified atom stereocenters. The van der Waals surface area contributed by atoms with Gasteiger partial charge < -0.3 is 0 Å². The number of aromatic nitrogens is 2. The van der Waals surface area contributed by atoms with Gasteiger partial charge in [-0.1, -0.05) is 26.0 Å². The van der Waals surface area contributed by atoms with Crippen LogP contribution in [0, 0.1) is 6.92 Å². The van der Waals surface area contributed by atoms with Crippen LogP contribution >= 0.6 is 0 Å². The summed E-state index contributed by atoms with van der Waals surface area (Å²) in [7, 11) is 2.01. The third-order valence-electron chi connectivity index (χ3n) is 2.74. The van der Waals surface area contributed by atoms with Gasteiger partial charge in [0.2, 0.25) is 0 Å². The first-order valence-electron chi connectivity index (χ1n) is 5.02. The third kappa shape index (κ3) is 1.22. The first-order valence-corrected chi connectivity index (χ1v) is 5.02. The molecule has 1 aromatic heterocycles. The van der Waals surface area contributed by atoms with Crippen LogP contribution in [0.5, 0.6) is 0 Å². The first-order chi connectivity index (χ1) is 6.61. The van der Waals surface area contributed by atoms with Gasteiger partial charge in [-0.3, -0.25) is 4.68 Å². The molecule has 0 radical (unpaired) electrons. The van der Waals surface area contributed by atoms with E-state index >= 15 is 0 Å². The molecule has 0 saturated carbocycles. The van der Waals surface area contributed by atoms with E-state index < -0.39 is 0 Å².